The number of esters is 1. The van der Waals surface area contributed by atoms with Crippen LogP contribution >= 0.6 is 23.2 Å². The van der Waals surface area contributed by atoms with Gasteiger partial charge < -0.3 is 29.5 Å². The number of piperidine rings is 3. The topological polar surface area (TPSA) is 142 Å². The largest absolute Gasteiger partial charge is 0.870 e. The summed E-state index contributed by atoms with van der Waals surface area (Å²) in [6.07, 6.45) is 3.96. The van der Waals surface area contributed by atoms with E-state index in [1.807, 2.05) is 6.07 Å². The van der Waals surface area contributed by atoms with Gasteiger partial charge in [0.15, 0.2) is 23.9 Å². The first kappa shape index (κ1) is 36.7. The molecule has 2 bridgehead atoms. The van der Waals surface area contributed by atoms with Gasteiger partial charge in [0.1, 0.15) is 28.0 Å². The number of aromatic nitrogens is 1. The van der Waals surface area contributed by atoms with Crippen LogP contribution in [0.3, 0.4) is 0 Å². The number of H-pyrrole nitrogens is 1. The smallest absolute Gasteiger partial charge is 0.414 e. The number of hydrogen-bond acceptors (Lipinski definition) is 9. The number of anilines is 1. The Balaban J connectivity index is 0.00000486. The summed E-state index contributed by atoms with van der Waals surface area (Å²) in [5, 5.41) is 10.7. The fraction of sp³-hybridized carbons (Fsp3) is 0.324. The van der Waals surface area contributed by atoms with Gasteiger partial charge in [0, 0.05) is 24.2 Å². The zero-order valence-corrected chi connectivity index (χ0v) is 29.2. The highest BCUT2D eigenvalue weighted by Gasteiger charge is 2.37. The quantitative estimate of drug-likeness (QED) is 0.167. The maximum atomic E-state index is 13.8. The Labute approximate surface area is 300 Å². The molecule has 3 aliphatic heterocycles. The standard InChI is InChI=1S/C37H37Cl2N3O7.H2O/c1-46-32-11-6-25(17-34(32)47-2)33(18-29-30(38)19-40-20-31(29)39)48-36(44)26-5-3-4-23(16-26)21-42(27-7-9-28(43)10-8-27)37(45)49-35-22-41-14-12-24(35)13-15-41;/h3-11,16-17,19-20,24,33,35,43H,12-15,18,21-22H2,1-2H3;1H2/t33-,35-;/m0./s1. The van der Waals surface area contributed by atoms with Gasteiger partial charge in [-0.1, -0.05) is 41.4 Å². The molecule has 3 aliphatic rings. The van der Waals surface area contributed by atoms with Crippen LogP contribution in [-0.4, -0.2) is 67.5 Å². The van der Waals surface area contributed by atoms with Crippen molar-refractivity contribution >= 4 is 41.0 Å². The number of methoxy groups -OCH3 is 2. The Morgan fingerprint density at radius 1 is 0.960 bits per heavy atom. The monoisotopic (exact) mass is 723 g/mol. The predicted octanol–water partition coefficient (Wildman–Crippen LogP) is 6.73. The molecule has 0 spiro atoms. The third kappa shape index (κ3) is 8.42. The number of phenols is 1. The van der Waals surface area contributed by atoms with Crippen molar-refractivity contribution in [2.75, 3.05) is 38.8 Å². The highest BCUT2D eigenvalue weighted by Crippen LogP contribution is 2.36. The first-order valence-corrected chi connectivity index (χ1v) is 16.8. The minimum absolute atomic E-state index is 0. The lowest BCUT2D eigenvalue weighted by molar-refractivity contribution is -0.377. The van der Waals surface area contributed by atoms with Gasteiger partial charge in [0.2, 0.25) is 0 Å². The molecular formula is C37H39Cl2N3O8. The SMILES string of the molecule is COc1ccc([C@H](Cc2c(Cl)c[nH+]cc2Cl)OC(=O)c2cccc(CN(C(=O)O[C@H]3CN4CCC3CC4)c3ccc(O)cc3)c2)cc1OC.[OH-]. The van der Waals surface area contributed by atoms with Crippen molar-refractivity contribution in [1.82, 2.24) is 4.90 Å². The Hall–Kier alpha value is -4.55. The summed E-state index contributed by atoms with van der Waals surface area (Å²) in [7, 11) is 3.07. The number of pyridine rings is 1. The summed E-state index contributed by atoms with van der Waals surface area (Å²) < 4.78 is 23.1. The summed E-state index contributed by atoms with van der Waals surface area (Å²) in [5.41, 5.74) is 2.78. The van der Waals surface area contributed by atoms with Crippen molar-refractivity contribution in [2.24, 2.45) is 5.92 Å². The molecule has 0 unspecified atom stereocenters. The minimum atomic E-state index is -0.793. The second-order valence-electron chi connectivity index (χ2n) is 12.2. The van der Waals surface area contributed by atoms with E-state index in [-0.39, 0.29) is 35.9 Å². The second kappa shape index (κ2) is 16.4. The first-order chi connectivity index (χ1) is 23.7. The van der Waals surface area contributed by atoms with Gasteiger partial charge in [-0.2, -0.15) is 0 Å². The summed E-state index contributed by atoms with van der Waals surface area (Å²) in [5.74, 6) is 0.841. The molecule has 1 amide bonds. The summed E-state index contributed by atoms with van der Waals surface area (Å²) >= 11 is 13.0. The van der Waals surface area contributed by atoms with Crippen LogP contribution in [0.2, 0.25) is 10.0 Å². The molecule has 13 heteroatoms. The normalized spacial score (nSPS) is 18.4. The van der Waals surface area contributed by atoms with E-state index >= 15 is 0 Å². The molecule has 3 aromatic carbocycles. The number of ether oxygens (including phenoxy) is 4. The molecule has 4 heterocycles. The van der Waals surface area contributed by atoms with E-state index in [1.165, 1.54) is 24.1 Å². The molecule has 264 valence electrons. The number of hydrogen-bond donors (Lipinski definition) is 1. The number of benzene rings is 3. The van der Waals surface area contributed by atoms with Crippen molar-refractivity contribution in [3.63, 3.8) is 0 Å². The molecule has 7 rings (SSSR count). The van der Waals surface area contributed by atoms with E-state index in [9.17, 15) is 14.7 Å². The van der Waals surface area contributed by atoms with Crippen molar-refractivity contribution in [3.8, 4) is 17.2 Å². The van der Waals surface area contributed by atoms with E-state index in [1.54, 1.807) is 68.0 Å². The highest BCUT2D eigenvalue weighted by atomic mass is 35.5. The van der Waals surface area contributed by atoms with E-state index in [2.05, 4.69) is 9.88 Å². The fourth-order valence-electron chi connectivity index (χ4n) is 6.45. The minimum Gasteiger partial charge on any atom is -0.870 e. The molecule has 4 aromatic rings. The fourth-order valence-corrected chi connectivity index (χ4v) is 6.98. The number of aromatic hydroxyl groups is 1. The number of carbonyl (C=O) groups is 2. The number of rotatable bonds is 11. The third-order valence-corrected chi connectivity index (χ3v) is 9.82. The molecule has 0 aliphatic carbocycles. The summed E-state index contributed by atoms with van der Waals surface area (Å²) in [6, 6.07) is 18.6. The molecule has 0 saturated carbocycles. The van der Waals surface area contributed by atoms with Crippen molar-refractivity contribution in [1.29, 1.82) is 0 Å². The van der Waals surface area contributed by atoms with Crippen LogP contribution in [0.1, 0.15) is 46.0 Å². The average molecular weight is 725 g/mol. The Morgan fingerprint density at radius 3 is 2.30 bits per heavy atom. The molecule has 11 nitrogen and oxygen atoms in total. The third-order valence-electron chi connectivity index (χ3n) is 9.15. The number of carbonyl (C=O) groups excluding carboxylic acids is 2. The number of amides is 1. The number of nitrogens with one attached hydrogen (secondary N) is 1. The molecule has 1 aromatic heterocycles. The molecule has 2 atom stereocenters. The molecule has 50 heavy (non-hydrogen) atoms. The lowest BCUT2D eigenvalue weighted by Crippen LogP contribution is -2.53. The van der Waals surface area contributed by atoms with Gasteiger partial charge in [-0.3, -0.25) is 9.80 Å². The number of phenolic OH excluding ortho intramolecular Hbond substituents is 1. The average Bonchev–Trinajstić information content (AvgIpc) is 3.12. The van der Waals surface area contributed by atoms with E-state index < -0.39 is 18.2 Å². The highest BCUT2D eigenvalue weighted by molar-refractivity contribution is 6.35. The van der Waals surface area contributed by atoms with Gasteiger partial charge in [-0.25, -0.2) is 14.6 Å². The summed E-state index contributed by atoms with van der Waals surface area (Å²) in [4.78, 5) is 34.2. The van der Waals surface area contributed by atoms with Gasteiger partial charge >= 0.3 is 12.1 Å². The maximum absolute atomic E-state index is 13.8. The zero-order valence-electron chi connectivity index (χ0n) is 27.7. The lowest BCUT2D eigenvalue weighted by Gasteiger charge is -2.44. The summed E-state index contributed by atoms with van der Waals surface area (Å²) in [6.45, 7) is 2.90. The van der Waals surface area contributed by atoms with Crippen molar-refractivity contribution in [2.45, 2.75) is 38.0 Å². The maximum Gasteiger partial charge on any atom is 0.414 e. The molecule has 0 radical (unpaired) electrons. The van der Waals surface area contributed by atoms with Gasteiger partial charge in [-0.05, 0) is 91.5 Å². The Kier molecular flexibility index (Phi) is 12.1. The molecule has 3 N–H and O–H groups in total. The number of nitrogens with zero attached hydrogens (tertiary/aromatic N) is 2. The molecular weight excluding hydrogens is 685 g/mol. The van der Waals surface area contributed by atoms with Gasteiger partial charge in [0.05, 0.1) is 26.3 Å². The molecule has 3 saturated heterocycles. The van der Waals surface area contributed by atoms with Gasteiger partial charge in [-0.15, -0.1) is 0 Å². The Morgan fingerprint density at radius 2 is 1.66 bits per heavy atom. The first-order valence-electron chi connectivity index (χ1n) is 16.1. The lowest BCUT2D eigenvalue weighted by atomic mass is 9.86. The van der Waals surface area contributed by atoms with Crippen LogP contribution in [0.4, 0.5) is 10.5 Å². The van der Waals surface area contributed by atoms with Crippen molar-refractivity contribution in [3.05, 3.63) is 111 Å². The zero-order chi connectivity index (χ0) is 34.5. The molecule has 3 fully saturated rings. The van der Waals surface area contributed by atoms with Gasteiger partial charge in [0.25, 0.3) is 0 Å². The van der Waals surface area contributed by atoms with Crippen LogP contribution in [0.5, 0.6) is 17.2 Å². The Bertz CT molecular complexity index is 1780. The van der Waals surface area contributed by atoms with Crippen LogP contribution in [-0.2, 0) is 22.4 Å². The van der Waals surface area contributed by atoms with Crippen LogP contribution in [0.15, 0.2) is 79.1 Å². The predicted molar refractivity (Wildman–Crippen MR) is 187 cm³/mol. The van der Waals surface area contributed by atoms with E-state index in [0.29, 0.717) is 49.8 Å². The van der Waals surface area contributed by atoms with Crippen LogP contribution in [0, 0.1) is 5.92 Å². The van der Waals surface area contributed by atoms with Crippen LogP contribution < -0.4 is 19.4 Å². The number of aromatic amines is 1. The number of fused-ring (bicyclic) bond motifs is 3. The van der Waals surface area contributed by atoms with Crippen LogP contribution in [0.25, 0.3) is 0 Å². The van der Waals surface area contributed by atoms with E-state index in [4.69, 9.17) is 42.1 Å². The number of halogens is 2. The van der Waals surface area contributed by atoms with E-state index in [0.717, 1.165) is 32.5 Å². The van der Waals surface area contributed by atoms with Crippen molar-refractivity contribution < 1.29 is 44.1 Å². The second-order valence-corrected chi connectivity index (χ2v) is 13.0.